The molecule has 0 bridgehead atoms. The van der Waals surface area contributed by atoms with Crippen molar-refractivity contribution in [2.45, 2.75) is 18.8 Å². The maximum atomic E-state index is 12.5. The van der Waals surface area contributed by atoms with E-state index >= 15 is 0 Å². The standard InChI is InChI=1S/C21H23N3OS/c1-22-21-24-18(15-26-21)12-13-23-20(25)14-19(16-8-4-2-5-9-16)17-10-6-3-7-11-17/h2-11,15,19H,12-14H2,1H3,(H,22,24)(H,23,25). The Morgan fingerprint density at radius 1 is 1.04 bits per heavy atom. The van der Waals surface area contributed by atoms with Crippen LogP contribution in [0.25, 0.3) is 0 Å². The lowest BCUT2D eigenvalue weighted by Gasteiger charge is -2.17. The molecule has 1 heterocycles. The highest BCUT2D eigenvalue weighted by atomic mass is 32.1. The molecular formula is C21H23N3OS. The van der Waals surface area contributed by atoms with Gasteiger partial charge in [-0.15, -0.1) is 11.3 Å². The number of carbonyl (C=O) groups is 1. The van der Waals surface area contributed by atoms with E-state index in [0.29, 0.717) is 13.0 Å². The molecule has 2 N–H and O–H groups in total. The van der Waals surface area contributed by atoms with Gasteiger partial charge in [0.2, 0.25) is 5.91 Å². The van der Waals surface area contributed by atoms with E-state index in [0.717, 1.165) is 28.4 Å². The zero-order valence-corrected chi connectivity index (χ0v) is 15.6. The second-order valence-corrected chi connectivity index (χ2v) is 6.93. The topological polar surface area (TPSA) is 54.0 Å². The number of aromatic nitrogens is 1. The lowest BCUT2D eigenvalue weighted by Crippen LogP contribution is -2.27. The monoisotopic (exact) mass is 365 g/mol. The highest BCUT2D eigenvalue weighted by molar-refractivity contribution is 7.13. The third-order valence-corrected chi connectivity index (χ3v) is 5.17. The molecule has 3 rings (SSSR count). The van der Waals surface area contributed by atoms with Gasteiger partial charge in [-0.3, -0.25) is 4.79 Å². The zero-order chi connectivity index (χ0) is 18.2. The van der Waals surface area contributed by atoms with Crippen molar-refractivity contribution in [3.05, 3.63) is 82.9 Å². The maximum absolute atomic E-state index is 12.5. The molecule has 0 aliphatic heterocycles. The Morgan fingerprint density at radius 2 is 1.65 bits per heavy atom. The van der Waals surface area contributed by atoms with Gasteiger partial charge >= 0.3 is 0 Å². The zero-order valence-electron chi connectivity index (χ0n) is 14.8. The molecular weight excluding hydrogens is 342 g/mol. The third-order valence-electron chi connectivity index (χ3n) is 4.26. The predicted octanol–water partition coefficient (Wildman–Crippen LogP) is 4.07. The van der Waals surface area contributed by atoms with E-state index in [-0.39, 0.29) is 11.8 Å². The van der Waals surface area contributed by atoms with Crippen LogP contribution in [0.2, 0.25) is 0 Å². The van der Waals surface area contributed by atoms with Gasteiger partial charge in [-0.1, -0.05) is 60.7 Å². The number of nitrogens with zero attached hydrogens (tertiary/aromatic N) is 1. The number of benzene rings is 2. The van der Waals surface area contributed by atoms with Crippen molar-refractivity contribution in [1.29, 1.82) is 0 Å². The number of nitrogens with one attached hydrogen (secondary N) is 2. The molecule has 5 heteroatoms. The molecule has 0 spiro atoms. The minimum absolute atomic E-state index is 0.0618. The Morgan fingerprint density at radius 3 is 2.19 bits per heavy atom. The third kappa shape index (κ3) is 4.92. The number of hydrogen-bond donors (Lipinski definition) is 2. The highest BCUT2D eigenvalue weighted by Crippen LogP contribution is 2.27. The summed E-state index contributed by atoms with van der Waals surface area (Å²) >= 11 is 1.58. The first-order valence-electron chi connectivity index (χ1n) is 8.75. The van der Waals surface area contributed by atoms with Crippen LogP contribution in [0.4, 0.5) is 5.13 Å². The first kappa shape index (κ1) is 18.1. The molecule has 1 amide bonds. The molecule has 3 aromatic rings. The Kier molecular flexibility index (Phi) is 6.39. The number of rotatable bonds is 8. The first-order chi connectivity index (χ1) is 12.8. The number of carbonyl (C=O) groups excluding carboxylic acids is 1. The van der Waals surface area contributed by atoms with E-state index in [1.54, 1.807) is 11.3 Å². The molecule has 1 aromatic heterocycles. The molecule has 0 aliphatic carbocycles. The number of thiazole rings is 1. The highest BCUT2D eigenvalue weighted by Gasteiger charge is 2.17. The average Bonchev–Trinajstić information content (AvgIpc) is 3.15. The Bertz CT molecular complexity index is 778. The summed E-state index contributed by atoms with van der Waals surface area (Å²) in [5, 5.41) is 8.99. The second kappa shape index (κ2) is 9.15. The molecule has 0 fully saturated rings. The van der Waals surface area contributed by atoms with Crippen molar-refractivity contribution >= 4 is 22.4 Å². The molecule has 4 nitrogen and oxygen atoms in total. The molecule has 134 valence electrons. The Labute approximate surface area is 158 Å². The molecule has 0 radical (unpaired) electrons. The van der Waals surface area contributed by atoms with Gasteiger partial charge in [0.25, 0.3) is 0 Å². The summed E-state index contributed by atoms with van der Waals surface area (Å²) in [6.07, 6.45) is 1.18. The Balaban J connectivity index is 1.60. The average molecular weight is 366 g/mol. The van der Waals surface area contributed by atoms with Crippen LogP contribution in [0.3, 0.4) is 0 Å². The van der Waals surface area contributed by atoms with Crippen molar-refractivity contribution in [2.24, 2.45) is 0 Å². The van der Waals surface area contributed by atoms with E-state index in [1.807, 2.05) is 48.8 Å². The summed E-state index contributed by atoms with van der Waals surface area (Å²) in [6.45, 7) is 0.599. The van der Waals surface area contributed by atoms with Crippen molar-refractivity contribution in [2.75, 3.05) is 18.9 Å². The van der Waals surface area contributed by atoms with Crippen LogP contribution >= 0.6 is 11.3 Å². The van der Waals surface area contributed by atoms with E-state index in [4.69, 9.17) is 0 Å². The lowest BCUT2D eigenvalue weighted by atomic mass is 9.88. The summed E-state index contributed by atoms with van der Waals surface area (Å²) < 4.78 is 0. The summed E-state index contributed by atoms with van der Waals surface area (Å²) in [7, 11) is 1.86. The molecule has 26 heavy (non-hydrogen) atoms. The van der Waals surface area contributed by atoms with Gasteiger partial charge in [0, 0.05) is 37.7 Å². The summed E-state index contributed by atoms with van der Waals surface area (Å²) in [6, 6.07) is 20.4. The predicted molar refractivity (Wildman–Crippen MR) is 108 cm³/mol. The minimum Gasteiger partial charge on any atom is -0.365 e. The molecule has 0 atom stereocenters. The van der Waals surface area contributed by atoms with Crippen LogP contribution in [-0.2, 0) is 11.2 Å². The smallest absolute Gasteiger partial charge is 0.220 e. The lowest BCUT2D eigenvalue weighted by molar-refractivity contribution is -0.121. The van der Waals surface area contributed by atoms with Crippen molar-refractivity contribution in [1.82, 2.24) is 10.3 Å². The van der Waals surface area contributed by atoms with Crippen LogP contribution in [0, 0.1) is 0 Å². The quantitative estimate of drug-likeness (QED) is 0.633. The summed E-state index contributed by atoms with van der Waals surface area (Å²) in [4.78, 5) is 16.9. The van der Waals surface area contributed by atoms with Gasteiger partial charge in [-0.25, -0.2) is 4.98 Å². The van der Waals surface area contributed by atoms with Crippen LogP contribution in [0.1, 0.15) is 29.2 Å². The molecule has 0 unspecified atom stereocenters. The number of hydrogen-bond acceptors (Lipinski definition) is 4. The van der Waals surface area contributed by atoms with Gasteiger partial charge < -0.3 is 10.6 Å². The summed E-state index contributed by atoms with van der Waals surface area (Å²) in [5.41, 5.74) is 3.32. The van der Waals surface area contributed by atoms with Gasteiger partial charge in [0.05, 0.1) is 5.69 Å². The van der Waals surface area contributed by atoms with Gasteiger partial charge in [0.15, 0.2) is 5.13 Å². The summed E-state index contributed by atoms with van der Waals surface area (Å²) in [5.74, 6) is 0.124. The molecule has 2 aromatic carbocycles. The molecule has 0 saturated heterocycles. The van der Waals surface area contributed by atoms with Crippen molar-refractivity contribution in [3.8, 4) is 0 Å². The van der Waals surface area contributed by atoms with E-state index in [2.05, 4.69) is 39.9 Å². The first-order valence-corrected chi connectivity index (χ1v) is 9.63. The molecule has 0 saturated carbocycles. The van der Waals surface area contributed by atoms with Gasteiger partial charge in [-0.05, 0) is 11.1 Å². The van der Waals surface area contributed by atoms with E-state index < -0.39 is 0 Å². The second-order valence-electron chi connectivity index (χ2n) is 6.07. The largest absolute Gasteiger partial charge is 0.365 e. The van der Waals surface area contributed by atoms with Gasteiger partial charge in [-0.2, -0.15) is 0 Å². The normalized spacial score (nSPS) is 10.7. The van der Waals surface area contributed by atoms with Crippen LogP contribution in [-0.4, -0.2) is 24.5 Å². The van der Waals surface area contributed by atoms with Crippen LogP contribution in [0.15, 0.2) is 66.0 Å². The van der Waals surface area contributed by atoms with E-state index in [9.17, 15) is 4.79 Å². The number of amides is 1. The maximum Gasteiger partial charge on any atom is 0.220 e. The van der Waals surface area contributed by atoms with Crippen molar-refractivity contribution in [3.63, 3.8) is 0 Å². The minimum atomic E-state index is 0.0618. The number of anilines is 1. The van der Waals surface area contributed by atoms with Crippen molar-refractivity contribution < 1.29 is 4.79 Å². The SMILES string of the molecule is CNc1nc(CCNC(=O)CC(c2ccccc2)c2ccccc2)cs1. The fourth-order valence-electron chi connectivity index (χ4n) is 2.92. The Hall–Kier alpha value is -2.66. The van der Waals surface area contributed by atoms with Crippen LogP contribution < -0.4 is 10.6 Å². The van der Waals surface area contributed by atoms with Gasteiger partial charge in [0.1, 0.15) is 0 Å². The van der Waals surface area contributed by atoms with Crippen LogP contribution in [0.5, 0.6) is 0 Å². The fraction of sp³-hybridized carbons (Fsp3) is 0.238. The molecule has 0 aliphatic rings. The fourth-order valence-corrected chi connectivity index (χ4v) is 3.63. The van der Waals surface area contributed by atoms with E-state index in [1.165, 1.54) is 0 Å².